The van der Waals surface area contributed by atoms with Crippen LogP contribution in [0, 0.1) is 6.92 Å². The number of hydrogen-bond donors (Lipinski definition) is 1. The van der Waals surface area contributed by atoms with Gasteiger partial charge in [0.25, 0.3) is 5.91 Å². The van der Waals surface area contributed by atoms with Gasteiger partial charge in [-0.15, -0.1) is 0 Å². The predicted molar refractivity (Wildman–Crippen MR) is 104 cm³/mol. The van der Waals surface area contributed by atoms with E-state index in [1.54, 1.807) is 0 Å². The number of benzene rings is 2. The maximum Gasteiger partial charge on any atom is 0.251 e. The molecule has 0 unspecified atom stereocenters. The maximum atomic E-state index is 12.4. The quantitative estimate of drug-likeness (QED) is 0.769. The highest BCUT2D eigenvalue weighted by molar-refractivity contribution is 5.94. The van der Waals surface area contributed by atoms with E-state index in [4.69, 9.17) is 0 Å². The summed E-state index contributed by atoms with van der Waals surface area (Å²) >= 11 is 0. The van der Waals surface area contributed by atoms with E-state index in [-0.39, 0.29) is 5.91 Å². The van der Waals surface area contributed by atoms with Crippen molar-refractivity contribution in [2.45, 2.75) is 13.5 Å². The number of aromatic nitrogens is 2. The molecule has 5 heteroatoms. The zero-order valence-corrected chi connectivity index (χ0v) is 15.2. The summed E-state index contributed by atoms with van der Waals surface area (Å²) in [6.07, 6.45) is 0. The van der Waals surface area contributed by atoms with Crippen LogP contribution in [0.4, 0.5) is 5.82 Å². The molecule has 5 nitrogen and oxygen atoms in total. The van der Waals surface area contributed by atoms with Crippen molar-refractivity contribution in [2.24, 2.45) is 0 Å². The summed E-state index contributed by atoms with van der Waals surface area (Å²) in [5, 5.41) is 2.89. The van der Waals surface area contributed by atoms with E-state index < -0.39 is 0 Å². The molecule has 0 aliphatic carbocycles. The minimum Gasteiger partial charge on any atom is -0.363 e. The van der Waals surface area contributed by atoms with Crippen LogP contribution < -0.4 is 10.2 Å². The number of amides is 1. The fourth-order valence-electron chi connectivity index (χ4n) is 2.63. The topological polar surface area (TPSA) is 58.1 Å². The van der Waals surface area contributed by atoms with E-state index in [0.717, 1.165) is 22.6 Å². The Bertz CT molecular complexity index is 890. The van der Waals surface area contributed by atoms with Crippen molar-refractivity contribution in [2.75, 3.05) is 19.0 Å². The molecule has 0 saturated carbocycles. The van der Waals surface area contributed by atoms with Crippen molar-refractivity contribution < 1.29 is 4.79 Å². The summed E-state index contributed by atoms with van der Waals surface area (Å²) in [5.74, 6) is 1.29. The van der Waals surface area contributed by atoms with E-state index in [1.807, 2.05) is 86.6 Å². The van der Waals surface area contributed by atoms with Crippen molar-refractivity contribution in [1.82, 2.24) is 15.3 Å². The highest BCUT2D eigenvalue weighted by Gasteiger charge is 2.09. The van der Waals surface area contributed by atoms with E-state index in [9.17, 15) is 4.79 Å². The van der Waals surface area contributed by atoms with Crippen LogP contribution >= 0.6 is 0 Å². The lowest BCUT2D eigenvalue weighted by atomic mass is 10.0. The zero-order valence-electron chi connectivity index (χ0n) is 15.2. The third kappa shape index (κ3) is 4.25. The second-order valence-corrected chi connectivity index (χ2v) is 6.30. The number of hydrogen-bond acceptors (Lipinski definition) is 4. The molecule has 2 aromatic carbocycles. The fraction of sp³-hybridized carbons (Fsp3) is 0.190. The van der Waals surface area contributed by atoms with Gasteiger partial charge in [-0.1, -0.05) is 42.5 Å². The molecule has 132 valence electrons. The van der Waals surface area contributed by atoms with Gasteiger partial charge in [-0.05, 0) is 30.2 Å². The van der Waals surface area contributed by atoms with Gasteiger partial charge in [0, 0.05) is 31.4 Å². The number of nitrogens with one attached hydrogen (secondary N) is 1. The molecule has 0 aliphatic rings. The molecule has 0 saturated heterocycles. The Morgan fingerprint density at radius 2 is 1.62 bits per heavy atom. The Labute approximate surface area is 153 Å². The van der Waals surface area contributed by atoms with Gasteiger partial charge in [0.1, 0.15) is 11.6 Å². The number of aryl methyl sites for hydroxylation is 1. The monoisotopic (exact) mass is 346 g/mol. The van der Waals surface area contributed by atoms with Gasteiger partial charge < -0.3 is 10.2 Å². The summed E-state index contributed by atoms with van der Waals surface area (Å²) in [5.41, 5.74) is 3.70. The van der Waals surface area contributed by atoms with Crippen LogP contribution in [-0.2, 0) is 6.54 Å². The van der Waals surface area contributed by atoms with E-state index in [0.29, 0.717) is 17.9 Å². The zero-order chi connectivity index (χ0) is 18.5. The molecule has 1 aromatic heterocycles. The van der Waals surface area contributed by atoms with E-state index >= 15 is 0 Å². The van der Waals surface area contributed by atoms with Crippen molar-refractivity contribution in [3.8, 4) is 11.1 Å². The first kappa shape index (κ1) is 17.6. The van der Waals surface area contributed by atoms with Gasteiger partial charge in [0.15, 0.2) is 0 Å². The fourth-order valence-corrected chi connectivity index (χ4v) is 2.63. The van der Waals surface area contributed by atoms with Crippen molar-refractivity contribution in [1.29, 1.82) is 0 Å². The SMILES string of the molecule is Cc1cc(N(C)C)nc(CNC(=O)c2ccc(-c3ccccc3)cc2)n1. The van der Waals surface area contributed by atoms with Gasteiger partial charge in [0.05, 0.1) is 6.54 Å². The highest BCUT2D eigenvalue weighted by atomic mass is 16.1. The van der Waals surface area contributed by atoms with Crippen molar-refractivity contribution in [3.63, 3.8) is 0 Å². The van der Waals surface area contributed by atoms with Crippen LogP contribution in [0.2, 0.25) is 0 Å². The van der Waals surface area contributed by atoms with Crippen LogP contribution in [0.15, 0.2) is 60.7 Å². The molecule has 0 fully saturated rings. The van der Waals surface area contributed by atoms with Gasteiger partial charge in [0.2, 0.25) is 0 Å². The van der Waals surface area contributed by atoms with Gasteiger partial charge >= 0.3 is 0 Å². The lowest BCUT2D eigenvalue weighted by Crippen LogP contribution is -2.24. The number of carbonyl (C=O) groups excluding carboxylic acids is 1. The van der Waals surface area contributed by atoms with Crippen molar-refractivity contribution in [3.05, 3.63) is 77.7 Å². The van der Waals surface area contributed by atoms with Crippen LogP contribution in [-0.4, -0.2) is 30.0 Å². The molecule has 1 heterocycles. The lowest BCUT2D eigenvalue weighted by Gasteiger charge is -2.13. The summed E-state index contributed by atoms with van der Waals surface area (Å²) < 4.78 is 0. The number of carbonyl (C=O) groups is 1. The molecule has 26 heavy (non-hydrogen) atoms. The Morgan fingerprint density at radius 3 is 2.27 bits per heavy atom. The van der Waals surface area contributed by atoms with E-state index in [1.165, 1.54) is 0 Å². The number of nitrogens with zero attached hydrogens (tertiary/aromatic N) is 3. The summed E-state index contributed by atoms with van der Waals surface area (Å²) in [6, 6.07) is 19.6. The summed E-state index contributed by atoms with van der Waals surface area (Å²) in [7, 11) is 3.86. The lowest BCUT2D eigenvalue weighted by molar-refractivity contribution is 0.0950. The Morgan fingerprint density at radius 1 is 0.962 bits per heavy atom. The third-order valence-electron chi connectivity index (χ3n) is 4.01. The summed E-state index contributed by atoms with van der Waals surface area (Å²) in [6.45, 7) is 2.21. The Kier molecular flexibility index (Phi) is 5.27. The first-order chi connectivity index (χ1) is 12.5. The minimum atomic E-state index is -0.138. The molecule has 3 rings (SSSR count). The highest BCUT2D eigenvalue weighted by Crippen LogP contribution is 2.19. The second kappa shape index (κ2) is 7.78. The standard InChI is InChI=1S/C21H22N4O/c1-15-13-20(25(2)3)24-19(23-15)14-22-21(26)18-11-9-17(10-12-18)16-7-5-4-6-8-16/h4-13H,14H2,1-3H3,(H,22,26). The van der Waals surface area contributed by atoms with E-state index in [2.05, 4.69) is 15.3 Å². The van der Waals surface area contributed by atoms with Crippen LogP contribution in [0.25, 0.3) is 11.1 Å². The Hall–Kier alpha value is -3.21. The minimum absolute atomic E-state index is 0.138. The van der Waals surface area contributed by atoms with Gasteiger partial charge in [-0.3, -0.25) is 4.79 Å². The Balaban J connectivity index is 1.67. The largest absolute Gasteiger partial charge is 0.363 e. The average molecular weight is 346 g/mol. The smallest absolute Gasteiger partial charge is 0.251 e. The first-order valence-corrected chi connectivity index (χ1v) is 8.48. The maximum absolute atomic E-state index is 12.4. The molecule has 3 aromatic rings. The van der Waals surface area contributed by atoms with Crippen LogP contribution in [0.1, 0.15) is 21.9 Å². The second-order valence-electron chi connectivity index (χ2n) is 6.30. The molecule has 1 N–H and O–H groups in total. The third-order valence-corrected chi connectivity index (χ3v) is 4.01. The van der Waals surface area contributed by atoms with Gasteiger partial charge in [-0.25, -0.2) is 9.97 Å². The summed E-state index contributed by atoms with van der Waals surface area (Å²) in [4.78, 5) is 23.1. The normalized spacial score (nSPS) is 10.4. The molecule has 1 amide bonds. The van der Waals surface area contributed by atoms with Crippen LogP contribution in [0.3, 0.4) is 0 Å². The number of rotatable bonds is 5. The molecule has 0 aliphatic heterocycles. The average Bonchev–Trinajstić information content (AvgIpc) is 2.66. The number of anilines is 1. The first-order valence-electron chi connectivity index (χ1n) is 8.48. The molecule has 0 atom stereocenters. The van der Waals surface area contributed by atoms with Crippen molar-refractivity contribution >= 4 is 11.7 Å². The van der Waals surface area contributed by atoms with Gasteiger partial charge in [-0.2, -0.15) is 0 Å². The molecular formula is C21H22N4O. The predicted octanol–water partition coefficient (Wildman–Crippen LogP) is 3.45. The molecule has 0 bridgehead atoms. The molecular weight excluding hydrogens is 324 g/mol. The molecule has 0 radical (unpaired) electrons. The molecule has 0 spiro atoms. The van der Waals surface area contributed by atoms with Crippen LogP contribution in [0.5, 0.6) is 0 Å².